The van der Waals surface area contributed by atoms with Crippen molar-refractivity contribution in [3.8, 4) is 6.07 Å². The zero-order valence-corrected chi connectivity index (χ0v) is 22.6. The fourth-order valence-corrected chi connectivity index (χ4v) is 4.46. The largest absolute Gasteiger partial charge is 0.462 e. The number of nitrogens with zero attached hydrogens (tertiary/aromatic N) is 4. The second-order valence-corrected chi connectivity index (χ2v) is 10.1. The molecule has 2 atom stereocenters. The van der Waals surface area contributed by atoms with Gasteiger partial charge >= 0.3 is 5.97 Å². The molecular formula is C27H42N6O4. The van der Waals surface area contributed by atoms with Crippen LogP contribution in [0.2, 0.25) is 0 Å². The van der Waals surface area contributed by atoms with E-state index in [0.29, 0.717) is 36.3 Å². The first kappa shape index (κ1) is 30.2. The van der Waals surface area contributed by atoms with E-state index in [-0.39, 0.29) is 13.2 Å². The van der Waals surface area contributed by atoms with Crippen LogP contribution in [-0.4, -0.2) is 46.2 Å². The van der Waals surface area contributed by atoms with Gasteiger partial charge in [0.2, 0.25) is 6.41 Å². The number of nitriles is 1. The number of ether oxygens (including phenoxy) is 2. The molecular weight excluding hydrogens is 472 g/mol. The van der Waals surface area contributed by atoms with E-state index in [0.717, 1.165) is 11.8 Å². The summed E-state index contributed by atoms with van der Waals surface area (Å²) in [6, 6.07) is 5.60. The highest BCUT2D eigenvalue weighted by Gasteiger charge is 2.45. The van der Waals surface area contributed by atoms with E-state index in [9.17, 15) is 14.9 Å². The first-order chi connectivity index (χ1) is 17.8. The molecule has 0 radical (unpaired) electrons. The average molecular weight is 515 g/mol. The van der Waals surface area contributed by atoms with Gasteiger partial charge in [-0.3, -0.25) is 9.59 Å². The Morgan fingerprint density at radius 2 is 2.03 bits per heavy atom. The van der Waals surface area contributed by atoms with Gasteiger partial charge in [-0.25, -0.2) is 9.50 Å². The lowest BCUT2D eigenvalue weighted by atomic mass is 9.88. The van der Waals surface area contributed by atoms with Crippen LogP contribution in [0.15, 0.2) is 18.5 Å². The van der Waals surface area contributed by atoms with Gasteiger partial charge < -0.3 is 20.5 Å². The summed E-state index contributed by atoms with van der Waals surface area (Å²) in [5.41, 5.74) is 5.04. The third-order valence-corrected chi connectivity index (χ3v) is 6.33. The van der Waals surface area contributed by atoms with Crippen molar-refractivity contribution in [1.29, 1.82) is 5.26 Å². The van der Waals surface area contributed by atoms with Crippen LogP contribution in [0.5, 0.6) is 0 Å². The van der Waals surface area contributed by atoms with Crippen LogP contribution in [0.3, 0.4) is 0 Å². The van der Waals surface area contributed by atoms with Gasteiger partial charge in [0, 0.05) is 0 Å². The van der Waals surface area contributed by atoms with Gasteiger partial charge in [-0.15, -0.1) is 0 Å². The van der Waals surface area contributed by atoms with Gasteiger partial charge in [0.15, 0.2) is 11.4 Å². The summed E-state index contributed by atoms with van der Waals surface area (Å²) in [7, 11) is 0. The highest BCUT2D eigenvalue weighted by atomic mass is 16.6. The molecule has 4 rings (SSSR count). The van der Waals surface area contributed by atoms with Crippen molar-refractivity contribution in [1.82, 2.24) is 14.6 Å². The van der Waals surface area contributed by atoms with Gasteiger partial charge in [-0.1, -0.05) is 66.2 Å². The molecule has 2 aromatic heterocycles. The summed E-state index contributed by atoms with van der Waals surface area (Å²) >= 11 is 0. The molecule has 3 N–H and O–H groups in total. The summed E-state index contributed by atoms with van der Waals surface area (Å²) in [5, 5.41) is 16.4. The Labute approximate surface area is 219 Å². The fraction of sp³-hybridized carbons (Fsp3) is 0.667. The summed E-state index contributed by atoms with van der Waals surface area (Å²) in [6.45, 7) is 8.65. The Hall–Kier alpha value is -3.03. The van der Waals surface area contributed by atoms with E-state index in [1.165, 1.54) is 49.4 Å². The first-order valence-corrected chi connectivity index (χ1v) is 13.3. The van der Waals surface area contributed by atoms with Crippen molar-refractivity contribution < 1.29 is 19.1 Å². The molecule has 2 aromatic rings. The molecule has 2 unspecified atom stereocenters. The average Bonchev–Trinajstić information content (AvgIpc) is 3.54. The smallest absolute Gasteiger partial charge is 0.319 e. The maximum Gasteiger partial charge on any atom is 0.319 e. The molecule has 0 bridgehead atoms. The number of anilines is 1. The van der Waals surface area contributed by atoms with Crippen molar-refractivity contribution in [2.24, 2.45) is 17.6 Å². The Bertz CT molecular complexity index is 1020. The number of aromatic nitrogens is 3. The maximum absolute atomic E-state index is 11.2. The number of rotatable bonds is 7. The van der Waals surface area contributed by atoms with Crippen molar-refractivity contribution in [3.05, 3.63) is 24.2 Å². The Balaban J connectivity index is 0.000000331. The molecule has 10 heteroatoms. The topological polar surface area (TPSA) is 145 Å². The summed E-state index contributed by atoms with van der Waals surface area (Å²) in [5.74, 6) is 1.73. The molecule has 1 aliphatic heterocycles. The minimum Gasteiger partial charge on any atom is -0.462 e. The predicted octanol–water partition coefficient (Wildman–Crippen LogP) is 4.34. The Kier molecular flexibility index (Phi) is 12.5. The van der Waals surface area contributed by atoms with E-state index >= 15 is 0 Å². The first-order valence-electron chi connectivity index (χ1n) is 13.3. The molecule has 1 aliphatic carbocycles. The van der Waals surface area contributed by atoms with Crippen LogP contribution < -0.4 is 11.1 Å². The van der Waals surface area contributed by atoms with Crippen molar-refractivity contribution in [2.75, 3.05) is 18.5 Å². The fourth-order valence-electron chi connectivity index (χ4n) is 4.46. The van der Waals surface area contributed by atoms with Gasteiger partial charge in [-0.2, -0.15) is 10.4 Å². The molecule has 1 saturated carbocycles. The standard InChI is InChI=1S/C15H16N6O4.C8H16.C4H10/c16-5-13(23)24-6-10-3-4-15(7-17,25-10)12-2-1-11-14(19-9-22)18-8-20-21(11)12;1-2-8-6-4-3-5-7-8;1-4(2)3/h1-2,8-10H,3-6,16H2,(H,18,19,20,22);8H,2-7H2,1H3;4H,1-3H3. The van der Waals surface area contributed by atoms with Gasteiger partial charge in [-0.05, 0) is 36.8 Å². The maximum atomic E-state index is 11.2. The lowest BCUT2D eigenvalue weighted by Gasteiger charge is -2.21. The van der Waals surface area contributed by atoms with E-state index in [1.807, 2.05) is 0 Å². The minimum absolute atomic E-state index is 0.0374. The summed E-state index contributed by atoms with van der Waals surface area (Å²) < 4.78 is 12.4. The number of hydrogen-bond acceptors (Lipinski definition) is 8. The zero-order chi connectivity index (χ0) is 27.3. The molecule has 2 fully saturated rings. The lowest BCUT2D eigenvalue weighted by Crippen LogP contribution is -2.29. The van der Waals surface area contributed by atoms with E-state index < -0.39 is 17.7 Å². The number of carbonyl (C=O) groups is 2. The van der Waals surface area contributed by atoms with Gasteiger partial charge in [0.1, 0.15) is 24.5 Å². The SMILES string of the molecule is CC(C)C.CCC1CCCCC1.N#CC1(c2ccc3c(NC=O)ncnn23)CCC(COC(=O)CN)O1. The lowest BCUT2D eigenvalue weighted by molar-refractivity contribution is -0.147. The molecule has 1 amide bonds. The van der Waals surface area contributed by atoms with Crippen LogP contribution >= 0.6 is 0 Å². The number of carbonyl (C=O) groups excluding carboxylic acids is 2. The Morgan fingerprint density at radius 1 is 1.32 bits per heavy atom. The third kappa shape index (κ3) is 8.79. The summed E-state index contributed by atoms with van der Waals surface area (Å²) in [6.07, 6.45) is 11.3. The number of hydrogen-bond donors (Lipinski definition) is 2. The molecule has 0 aromatic carbocycles. The van der Waals surface area contributed by atoms with Crippen LogP contribution in [0.4, 0.5) is 5.82 Å². The molecule has 204 valence electrons. The molecule has 1 saturated heterocycles. The van der Waals surface area contributed by atoms with Gasteiger partial charge in [0.25, 0.3) is 0 Å². The molecule has 10 nitrogen and oxygen atoms in total. The van der Waals surface area contributed by atoms with Crippen molar-refractivity contribution in [3.63, 3.8) is 0 Å². The van der Waals surface area contributed by atoms with E-state index in [1.54, 1.807) is 12.1 Å². The van der Waals surface area contributed by atoms with Crippen LogP contribution in [0.1, 0.15) is 84.8 Å². The quantitative estimate of drug-likeness (QED) is 0.410. The van der Waals surface area contributed by atoms with E-state index in [4.69, 9.17) is 15.2 Å². The number of nitrogens with one attached hydrogen (secondary N) is 1. The minimum atomic E-state index is -1.22. The Morgan fingerprint density at radius 3 is 2.59 bits per heavy atom. The number of nitrogens with two attached hydrogens (primary N) is 1. The van der Waals surface area contributed by atoms with Crippen LogP contribution in [-0.2, 0) is 24.7 Å². The second-order valence-electron chi connectivity index (χ2n) is 10.1. The monoisotopic (exact) mass is 514 g/mol. The molecule has 2 aliphatic rings. The van der Waals surface area contributed by atoms with Gasteiger partial charge in [0.05, 0.1) is 18.3 Å². The second kappa shape index (κ2) is 15.3. The van der Waals surface area contributed by atoms with Crippen molar-refractivity contribution in [2.45, 2.75) is 90.8 Å². The highest BCUT2D eigenvalue weighted by molar-refractivity contribution is 5.79. The third-order valence-electron chi connectivity index (χ3n) is 6.33. The summed E-state index contributed by atoms with van der Waals surface area (Å²) in [4.78, 5) is 25.9. The van der Waals surface area contributed by atoms with Crippen molar-refractivity contribution >= 4 is 23.7 Å². The molecule has 37 heavy (non-hydrogen) atoms. The number of esters is 1. The van der Waals surface area contributed by atoms with Crippen LogP contribution in [0.25, 0.3) is 5.52 Å². The van der Waals surface area contributed by atoms with E-state index in [2.05, 4.69) is 49.2 Å². The highest BCUT2D eigenvalue weighted by Crippen LogP contribution is 2.40. The zero-order valence-electron chi connectivity index (χ0n) is 22.6. The molecule has 0 spiro atoms. The normalized spacial score (nSPS) is 21.3. The molecule has 3 heterocycles. The van der Waals surface area contributed by atoms with Crippen LogP contribution in [0, 0.1) is 23.2 Å². The number of fused-ring (bicyclic) bond motifs is 1. The number of amides is 1. The predicted molar refractivity (Wildman–Crippen MR) is 141 cm³/mol.